The highest BCUT2D eigenvalue weighted by Gasteiger charge is 2.18. The second-order valence-corrected chi connectivity index (χ2v) is 4.47. The Balaban J connectivity index is 1.98. The van der Waals surface area contributed by atoms with Gasteiger partial charge in [-0.05, 0) is 43.4 Å². The lowest BCUT2D eigenvalue weighted by Crippen LogP contribution is -2.19. The standard InChI is InChI=1S/C13H17FO2/c1-9(15)11-5-6-13(12(14)7-11)16-8-10-3-2-4-10/h5-7,9-10,15H,2-4,8H2,1H3/t9-/m1/s1. The minimum absolute atomic E-state index is 0.288. The van der Waals surface area contributed by atoms with E-state index in [-0.39, 0.29) is 5.75 Å². The summed E-state index contributed by atoms with van der Waals surface area (Å²) in [7, 11) is 0. The van der Waals surface area contributed by atoms with E-state index in [0.717, 1.165) is 0 Å². The summed E-state index contributed by atoms with van der Waals surface area (Å²) < 4.78 is 19.0. The van der Waals surface area contributed by atoms with E-state index in [0.29, 0.717) is 18.1 Å². The minimum Gasteiger partial charge on any atom is -0.490 e. The van der Waals surface area contributed by atoms with Crippen molar-refractivity contribution in [3.63, 3.8) is 0 Å². The van der Waals surface area contributed by atoms with E-state index in [9.17, 15) is 9.50 Å². The zero-order valence-electron chi connectivity index (χ0n) is 9.45. The van der Waals surface area contributed by atoms with Crippen LogP contribution in [-0.4, -0.2) is 11.7 Å². The molecule has 0 bridgehead atoms. The molecule has 0 unspecified atom stereocenters. The summed E-state index contributed by atoms with van der Waals surface area (Å²) in [6.45, 7) is 2.22. The first-order valence-corrected chi connectivity index (χ1v) is 5.77. The van der Waals surface area contributed by atoms with Crippen molar-refractivity contribution in [2.75, 3.05) is 6.61 Å². The Bertz CT molecular complexity index is 359. The summed E-state index contributed by atoms with van der Waals surface area (Å²) in [5.74, 6) is 0.491. The van der Waals surface area contributed by atoms with E-state index in [2.05, 4.69) is 0 Å². The third-order valence-electron chi connectivity index (χ3n) is 3.14. The first-order chi connectivity index (χ1) is 7.66. The Morgan fingerprint density at radius 1 is 1.50 bits per heavy atom. The van der Waals surface area contributed by atoms with Crippen molar-refractivity contribution in [1.82, 2.24) is 0 Å². The number of halogens is 1. The van der Waals surface area contributed by atoms with Crippen molar-refractivity contribution in [2.45, 2.75) is 32.3 Å². The van der Waals surface area contributed by atoms with Gasteiger partial charge >= 0.3 is 0 Å². The molecule has 0 aromatic heterocycles. The molecule has 1 aromatic rings. The van der Waals surface area contributed by atoms with Gasteiger partial charge in [0.2, 0.25) is 0 Å². The van der Waals surface area contributed by atoms with Crippen molar-refractivity contribution in [3.8, 4) is 5.75 Å². The van der Waals surface area contributed by atoms with Crippen molar-refractivity contribution < 1.29 is 14.2 Å². The number of rotatable bonds is 4. The predicted molar refractivity (Wildman–Crippen MR) is 59.9 cm³/mol. The highest BCUT2D eigenvalue weighted by Crippen LogP contribution is 2.28. The molecule has 88 valence electrons. The maximum Gasteiger partial charge on any atom is 0.165 e. The third kappa shape index (κ3) is 2.53. The zero-order chi connectivity index (χ0) is 11.5. The van der Waals surface area contributed by atoms with Crippen LogP contribution in [0.1, 0.15) is 37.9 Å². The van der Waals surface area contributed by atoms with Crippen molar-refractivity contribution in [1.29, 1.82) is 0 Å². The molecule has 0 saturated heterocycles. The number of aliphatic hydroxyl groups is 1. The van der Waals surface area contributed by atoms with E-state index in [4.69, 9.17) is 4.74 Å². The summed E-state index contributed by atoms with van der Waals surface area (Å²) >= 11 is 0. The number of hydrogen-bond acceptors (Lipinski definition) is 2. The monoisotopic (exact) mass is 224 g/mol. The van der Waals surface area contributed by atoms with E-state index in [1.165, 1.54) is 25.3 Å². The fourth-order valence-electron chi connectivity index (χ4n) is 1.76. The van der Waals surface area contributed by atoms with Gasteiger partial charge in [0.05, 0.1) is 12.7 Å². The molecule has 3 heteroatoms. The Morgan fingerprint density at radius 2 is 2.25 bits per heavy atom. The van der Waals surface area contributed by atoms with Gasteiger partial charge in [0.25, 0.3) is 0 Å². The van der Waals surface area contributed by atoms with E-state index in [1.54, 1.807) is 19.1 Å². The third-order valence-corrected chi connectivity index (χ3v) is 3.14. The fraction of sp³-hybridized carbons (Fsp3) is 0.538. The molecule has 2 nitrogen and oxygen atoms in total. The van der Waals surface area contributed by atoms with Crippen LogP contribution in [0.5, 0.6) is 5.75 Å². The highest BCUT2D eigenvalue weighted by molar-refractivity contribution is 5.30. The predicted octanol–water partition coefficient (Wildman–Crippen LogP) is 3.06. The lowest BCUT2D eigenvalue weighted by Gasteiger charge is -2.25. The number of aliphatic hydroxyl groups excluding tert-OH is 1. The van der Waals surface area contributed by atoms with Crippen LogP contribution in [-0.2, 0) is 0 Å². The molecular formula is C13H17FO2. The van der Waals surface area contributed by atoms with Crippen LogP contribution in [0.3, 0.4) is 0 Å². The van der Waals surface area contributed by atoms with Gasteiger partial charge in [0, 0.05) is 0 Å². The molecule has 0 amide bonds. The van der Waals surface area contributed by atoms with Crippen LogP contribution in [0, 0.1) is 11.7 Å². The maximum atomic E-state index is 13.5. The molecule has 1 aliphatic rings. The average molecular weight is 224 g/mol. The van der Waals surface area contributed by atoms with Crippen LogP contribution in [0.25, 0.3) is 0 Å². The molecule has 2 rings (SSSR count). The van der Waals surface area contributed by atoms with E-state index < -0.39 is 11.9 Å². The lowest BCUT2D eigenvalue weighted by atomic mass is 9.86. The van der Waals surface area contributed by atoms with Crippen molar-refractivity contribution in [2.24, 2.45) is 5.92 Å². The second-order valence-electron chi connectivity index (χ2n) is 4.47. The largest absolute Gasteiger partial charge is 0.490 e. The van der Waals surface area contributed by atoms with Gasteiger partial charge in [0.1, 0.15) is 0 Å². The highest BCUT2D eigenvalue weighted by atomic mass is 19.1. The normalized spacial score (nSPS) is 17.9. The Morgan fingerprint density at radius 3 is 2.75 bits per heavy atom. The molecule has 0 radical (unpaired) electrons. The topological polar surface area (TPSA) is 29.5 Å². The maximum absolute atomic E-state index is 13.5. The minimum atomic E-state index is -0.643. The summed E-state index contributed by atoms with van der Waals surface area (Å²) in [5, 5.41) is 9.30. The Hall–Kier alpha value is -1.09. The molecule has 0 spiro atoms. The van der Waals surface area contributed by atoms with Gasteiger partial charge < -0.3 is 9.84 Å². The van der Waals surface area contributed by atoms with Gasteiger partial charge in [-0.25, -0.2) is 4.39 Å². The molecule has 1 atom stereocenters. The Kier molecular flexibility index (Phi) is 3.44. The molecule has 1 saturated carbocycles. The quantitative estimate of drug-likeness (QED) is 0.851. The van der Waals surface area contributed by atoms with Crippen LogP contribution >= 0.6 is 0 Å². The molecule has 1 N–H and O–H groups in total. The molecule has 16 heavy (non-hydrogen) atoms. The molecule has 1 aliphatic carbocycles. The number of benzene rings is 1. The first-order valence-electron chi connectivity index (χ1n) is 5.77. The van der Waals surface area contributed by atoms with Gasteiger partial charge in [-0.1, -0.05) is 12.5 Å². The first kappa shape index (κ1) is 11.4. The van der Waals surface area contributed by atoms with Gasteiger partial charge in [-0.3, -0.25) is 0 Å². The Labute approximate surface area is 95.1 Å². The molecule has 0 heterocycles. The fourth-order valence-corrected chi connectivity index (χ4v) is 1.76. The lowest BCUT2D eigenvalue weighted by molar-refractivity contribution is 0.174. The molecule has 0 aliphatic heterocycles. The summed E-state index contributed by atoms with van der Waals surface area (Å²) in [6, 6.07) is 4.63. The van der Waals surface area contributed by atoms with E-state index in [1.807, 2.05) is 0 Å². The SMILES string of the molecule is C[C@@H](O)c1ccc(OCC2CCC2)c(F)c1. The van der Waals surface area contributed by atoms with Gasteiger partial charge in [-0.2, -0.15) is 0 Å². The van der Waals surface area contributed by atoms with Crippen molar-refractivity contribution >= 4 is 0 Å². The number of hydrogen-bond donors (Lipinski definition) is 1. The molecule has 1 fully saturated rings. The van der Waals surface area contributed by atoms with Crippen LogP contribution in [0.15, 0.2) is 18.2 Å². The van der Waals surface area contributed by atoms with Crippen LogP contribution < -0.4 is 4.74 Å². The summed E-state index contributed by atoms with van der Waals surface area (Å²) in [4.78, 5) is 0. The zero-order valence-corrected chi connectivity index (χ0v) is 9.45. The summed E-state index contributed by atoms with van der Waals surface area (Å²) in [6.07, 6.45) is 2.99. The molecule has 1 aromatic carbocycles. The van der Waals surface area contributed by atoms with E-state index >= 15 is 0 Å². The van der Waals surface area contributed by atoms with Crippen LogP contribution in [0.4, 0.5) is 4.39 Å². The average Bonchev–Trinajstić information content (AvgIpc) is 2.17. The van der Waals surface area contributed by atoms with Gasteiger partial charge in [-0.15, -0.1) is 0 Å². The summed E-state index contributed by atoms with van der Waals surface area (Å²) in [5.41, 5.74) is 0.577. The van der Waals surface area contributed by atoms with Gasteiger partial charge in [0.15, 0.2) is 11.6 Å². The molecular weight excluding hydrogens is 207 g/mol. The number of ether oxygens (including phenoxy) is 1. The van der Waals surface area contributed by atoms with Crippen molar-refractivity contribution in [3.05, 3.63) is 29.6 Å². The second kappa shape index (κ2) is 4.83. The van der Waals surface area contributed by atoms with Crippen LogP contribution in [0.2, 0.25) is 0 Å². The smallest absolute Gasteiger partial charge is 0.165 e.